The molecule has 0 aliphatic heterocycles. The standard InChI is InChI=1S/C16H21N3/c1-10-6-7-12(16(3,4)5)9-13(10)14-8-11(2)15(17)19-18-14/h6-9H,1-5H3,(H2,17,19). The number of hydrogen-bond acceptors (Lipinski definition) is 3. The van der Waals surface area contributed by atoms with Crippen LogP contribution in [0.15, 0.2) is 24.3 Å². The minimum Gasteiger partial charge on any atom is -0.382 e. The summed E-state index contributed by atoms with van der Waals surface area (Å²) in [7, 11) is 0. The van der Waals surface area contributed by atoms with Gasteiger partial charge in [0.25, 0.3) is 0 Å². The van der Waals surface area contributed by atoms with E-state index in [0.29, 0.717) is 5.82 Å². The lowest BCUT2D eigenvalue weighted by Crippen LogP contribution is -2.11. The Bertz CT molecular complexity index is 610. The van der Waals surface area contributed by atoms with Gasteiger partial charge in [0.05, 0.1) is 5.69 Å². The Balaban J connectivity index is 2.58. The summed E-state index contributed by atoms with van der Waals surface area (Å²) >= 11 is 0. The van der Waals surface area contributed by atoms with Crippen LogP contribution in [0.4, 0.5) is 5.82 Å². The summed E-state index contributed by atoms with van der Waals surface area (Å²) in [6, 6.07) is 8.52. The molecule has 0 amide bonds. The van der Waals surface area contributed by atoms with E-state index in [2.05, 4.69) is 56.1 Å². The van der Waals surface area contributed by atoms with Gasteiger partial charge < -0.3 is 5.73 Å². The van der Waals surface area contributed by atoms with Crippen molar-refractivity contribution >= 4 is 5.82 Å². The largest absolute Gasteiger partial charge is 0.382 e. The van der Waals surface area contributed by atoms with E-state index in [1.807, 2.05) is 13.0 Å². The summed E-state index contributed by atoms with van der Waals surface area (Å²) in [5, 5.41) is 8.23. The van der Waals surface area contributed by atoms with Crippen molar-refractivity contribution in [1.82, 2.24) is 10.2 Å². The van der Waals surface area contributed by atoms with Gasteiger partial charge in [-0.25, -0.2) is 0 Å². The van der Waals surface area contributed by atoms with Crippen molar-refractivity contribution < 1.29 is 0 Å². The molecule has 0 atom stereocenters. The molecule has 3 heteroatoms. The fourth-order valence-corrected chi connectivity index (χ4v) is 1.99. The number of aromatic nitrogens is 2. The molecule has 2 rings (SSSR count). The third kappa shape index (κ3) is 2.75. The zero-order chi connectivity index (χ0) is 14.2. The lowest BCUT2D eigenvalue weighted by Gasteiger charge is -2.20. The van der Waals surface area contributed by atoms with Gasteiger partial charge in [0.1, 0.15) is 5.82 Å². The second-order valence-electron chi connectivity index (χ2n) is 6.08. The molecule has 0 spiro atoms. The van der Waals surface area contributed by atoms with E-state index in [-0.39, 0.29) is 5.41 Å². The van der Waals surface area contributed by atoms with Crippen LogP contribution in [0, 0.1) is 13.8 Å². The molecule has 0 unspecified atom stereocenters. The summed E-state index contributed by atoms with van der Waals surface area (Å²) in [6.07, 6.45) is 0. The van der Waals surface area contributed by atoms with Gasteiger partial charge in [-0.1, -0.05) is 32.9 Å². The van der Waals surface area contributed by atoms with Crippen LogP contribution in [0.2, 0.25) is 0 Å². The van der Waals surface area contributed by atoms with Crippen LogP contribution in [0.3, 0.4) is 0 Å². The molecule has 0 aliphatic carbocycles. The van der Waals surface area contributed by atoms with E-state index < -0.39 is 0 Å². The normalized spacial score (nSPS) is 11.6. The van der Waals surface area contributed by atoms with Crippen molar-refractivity contribution in [1.29, 1.82) is 0 Å². The quantitative estimate of drug-likeness (QED) is 0.846. The van der Waals surface area contributed by atoms with Crippen LogP contribution in [-0.4, -0.2) is 10.2 Å². The molecule has 2 aromatic rings. The molecule has 3 nitrogen and oxygen atoms in total. The van der Waals surface area contributed by atoms with Gasteiger partial charge in [-0.05, 0) is 48.1 Å². The van der Waals surface area contributed by atoms with Crippen molar-refractivity contribution in [3.05, 3.63) is 41.0 Å². The van der Waals surface area contributed by atoms with Gasteiger partial charge in [-0.2, -0.15) is 0 Å². The number of aryl methyl sites for hydroxylation is 2. The van der Waals surface area contributed by atoms with Crippen LogP contribution >= 0.6 is 0 Å². The Labute approximate surface area is 114 Å². The Kier molecular flexibility index (Phi) is 3.31. The Morgan fingerprint density at radius 1 is 0.947 bits per heavy atom. The number of nitrogen functional groups attached to an aromatic ring is 1. The van der Waals surface area contributed by atoms with Gasteiger partial charge in [0.15, 0.2) is 0 Å². The van der Waals surface area contributed by atoms with Crippen LogP contribution in [0.25, 0.3) is 11.3 Å². The lowest BCUT2D eigenvalue weighted by molar-refractivity contribution is 0.590. The molecule has 0 bridgehead atoms. The topological polar surface area (TPSA) is 51.8 Å². The first-order chi connectivity index (χ1) is 8.79. The predicted molar refractivity (Wildman–Crippen MR) is 80.1 cm³/mol. The van der Waals surface area contributed by atoms with Crippen molar-refractivity contribution in [2.45, 2.75) is 40.0 Å². The molecule has 1 aromatic carbocycles. The van der Waals surface area contributed by atoms with Crippen molar-refractivity contribution in [3.8, 4) is 11.3 Å². The van der Waals surface area contributed by atoms with Crippen molar-refractivity contribution in [2.24, 2.45) is 0 Å². The third-order valence-electron chi connectivity index (χ3n) is 3.40. The molecular weight excluding hydrogens is 234 g/mol. The van der Waals surface area contributed by atoms with Gasteiger partial charge in [0, 0.05) is 5.56 Å². The SMILES string of the molecule is Cc1ccc(C(C)(C)C)cc1-c1cc(C)c(N)nn1. The monoisotopic (exact) mass is 255 g/mol. The van der Waals surface area contributed by atoms with E-state index in [4.69, 9.17) is 5.73 Å². The highest BCUT2D eigenvalue weighted by Gasteiger charge is 2.16. The smallest absolute Gasteiger partial charge is 0.149 e. The number of nitrogens with zero attached hydrogens (tertiary/aromatic N) is 2. The number of nitrogens with two attached hydrogens (primary N) is 1. The second kappa shape index (κ2) is 4.65. The van der Waals surface area contributed by atoms with E-state index in [9.17, 15) is 0 Å². The summed E-state index contributed by atoms with van der Waals surface area (Å²) < 4.78 is 0. The van der Waals surface area contributed by atoms with Gasteiger partial charge in [-0.3, -0.25) is 0 Å². The van der Waals surface area contributed by atoms with Crippen molar-refractivity contribution in [3.63, 3.8) is 0 Å². The molecule has 19 heavy (non-hydrogen) atoms. The first kappa shape index (κ1) is 13.5. The average molecular weight is 255 g/mol. The van der Waals surface area contributed by atoms with E-state index in [1.54, 1.807) is 0 Å². The van der Waals surface area contributed by atoms with Crippen LogP contribution in [-0.2, 0) is 5.41 Å². The maximum atomic E-state index is 5.73. The zero-order valence-electron chi connectivity index (χ0n) is 12.3. The highest BCUT2D eigenvalue weighted by Crippen LogP contribution is 2.29. The van der Waals surface area contributed by atoms with Gasteiger partial charge >= 0.3 is 0 Å². The maximum Gasteiger partial charge on any atom is 0.149 e. The predicted octanol–water partition coefficient (Wildman–Crippen LogP) is 3.64. The number of rotatable bonds is 1. The third-order valence-corrected chi connectivity index (χ3v) is 3.40. The molecule has 100 valence electrons. The molecule has 0 saturated carbocycles. The van der Waals surface area contributed by atoms with E-state index >= 15 is 0 Å². The van der Waals surface area contributed by atoms with Crippen LogP contribution < -0.4 is 5.73 Å². The number of anilines is 1. The highest BCUT2D eigenvalue weighted by atomic mass is 15.1. The summed E-state index contributed by atoms with van der Waals surface area (Å²) in [5.74, 6) is 0.494. The second-order valence-corrected chi connectivity index (χ2v) is 6.08. The molecule has 1 aromatic heterocycles. The number of benzene rings is 1. The Morgan fingerprint density at radius 2 is 1.63 bits per heavy atom. The summed E-state index contributed by atoms with van der Waals surface area (Å²) in [5.41, 5.74) is 11.3. The average Bonchev–Trinajstić information content (AvgIpc) is 2.32. The van der Waals surface area contributed by atoms with E-state index in [1.165, 1.54) is 11.1 Å². The van der Waals surface area contributed by atoms with Crippen LogP contribution in [0.5, 0.6) is 0 Å². The molecule has 0 radical (unpaired) electrons. The van der Waals surface area contributed by atoms with Crippen LogP contribution in [0.1, 0.15) is 37.5 Å². The first-order valence-corrected chi connectivity index (χ1v) is 6.50. The van der Waals surface area contributed by atoms with Gasteiger partial charge in [-0.15, -0.1) is 10.2 Å². The molecule has 0 aliphatic rings. The molecule has 0 fully saturated rings. The zero-order valence-corrected chi connectivity index (χ0v) is 12.3. The molecule has 2 N–H and O–H groups in total. The maximum absolute atomic E-state index is 5.73. The molecular formula is C16H21N3. The fraction of sp³-hybridized carbons (Fsp3) is 0.375. The Hall–Kier alpha value is -1.90. The summed E-state index contributed by atoms with van der Waals surface area (Å²) in [4.78, 5) is 0. The molecule has 1 heterocycles. The highest BCUT2D eigenvalue weighted by molar-refractivity contribution is 5.66. The van der Waals surface area contributed by atoms with Crippen molar-refractivity contribution in [2.75, 3.05) is 5.73 Å². The first-order valence-electron chi connectivity index (χ1n) is 6.50. The minimum atomic E-state index is 0.124. The lowest BCUT2D eigenvalue weighted by atomic mass is 9.85. The summed E-state index contributed by atoms with van der Waals surface area (Å²) in [6.45, 7) is 10.7. The molecule has 0 saturated heterocycles. The minimum absolute atomic E-state index is 0.124. The van der Waals surface area contributed by atoms with E-state index in [0.717, 1.165) is 16.8 Å². The number of hydrogen-bond donors (Lipinski definition) is 1. The fourth-order valence-electron chi connectivity index (χ4n) is 1.99. The Morgan fingerprint density at radius 3 is 2.21 bits per heavy atom. The van der Waals surface area contributed by atoms with Gasteiger partial charge in [0.2, 0.25) is 0 Å².